The first-order chi connectivity index (χ1) is 12.5. The summed E-state index contributed by atoms with van der Waals surface area (Å²) in [5.41, 5.74) is 6.96. The van der Waals surface area contributed by atoms with Crippen molar-refractivity contribution in [3.05, 3.63) is 56.5 Å². The van der Waals surface area contributed by atoms with Gasteiger partial charge in [0.25, 0.3) is 0 Å². The number of hydrogen-bond acceptors (Lipinski definition) is 5. The van der Waals surface area contributed by atoms with Gasteiger partial charge in [0.15, 0.2) is 16.7 Å². The van der Waals surface area contributed by atoms with E-state index in [1.165, 1.54) is 11.8 Å². The van der Waals surface area contributed by atoms with Crippen LogP contribution in [-0.4, -0.2) is 24.7 Å². The predicted molar refractivity (Wildman–Crippen MR) is 112 cm³/mol. The number of benzene rings is 2. The third-order valence-corrected chi connectivity index (χ3v) is 4.97. The molecule has 0 saturated carbocycles. The Morgan fingerprint density at radius 1 is 1.15 bits per heavy atom. The molecule has 0 bridgehead atoms. The van der Waals surface area contributed by atoms with E-state index >= 15 is 0 Å². The Hall–Kier alpha value is -1.60. The summed E-state index contributed by atoms with van der Waals surface area (Å²) in [5.74, 6) is 1.06. The lowest BCUT2D eigenvalue weighted by molar-refractivity contribution is 0.284. The molecule has 0 aliphatic heterocycles. The summed E-state index contributed by atoms with van der Waals surface area (Å²) in [4.78, 5) is 0. The van der Waals surface area contributed by atoms with Crippen LogP contribution in [0, 0.1) is 0 Å². The molecule has 0 radical (unpaired) electrons. The van der Waals surface area contributed by atoms with Crippen LogP contribution in [0.2, 0.25) is 15.1 Å². The van der Waals surface area contributed by atoms with Crippen LogP contribution in [0.5, 0.6) is 11.5 Å². The number of amidine groups is 1. The molecule has 26 heavy (non-hydrogen) atoms. The highest BCUT2D eigenvalue weighted by molar-refractivity contribution is 8.13. The predicted octanol–water partition coefficient (Wildman–Crippen LogP) is 5.25. The van der Waals surface area contributed by atoms with Gasteiger partial charge in [-0.25, -0.2) is 0 Å². The van der Waals surface area contributed by atoms with Crippen molar-refractivity contribution in [2.45, 2.75) is 6.61 Å². The molecule has 5 nitrogen and oxygen atoms in total. The normalized spacial score (nSPS) is 11.8. The molecule has 9 heteroatoms. The van der Waals surface area contributed by atoms with E-state index in [1.807, 2.05) is 12.3 Å². The largest absolute Gasteiger partial charge is 0.493 e. The second-order valence-corrected chi connectivity index (χ2v) is 6.93. The van der Waals surface area contributed by atoms with Crippen LogP contribution in [0.3, 0.4) is 0 Å². The molecule has 2 N–H and O–H groups in total. The molecule has 0 saturated heterocycles. The summed E-state index contributed by atoms with van der Waals surface area (Å²) < 4.78 is 11.2. The van der Waals surface area contributed by atoms with E-state index < -0.39 is 0 Å². The molecule has 0 aliphatic carbocycles. The zero-order valence-corrected chi connectivity index (χ0v) is 17.1. The van der Waals surface area contributed by atoms with Crippen LogP contribution in [-0.2, 0) is 6.61 Å². The molecule has 138 valence electrons. The van der Waals surface area contributed by atoms with Crippen molar-refractivity contribution in [1.29, 1.82) is 0 Å². The van der Waals surface area contributed by atoms with Gasteiger partial charge >= 0.3 is 0 Å². The van der Waals surface area contributed by atoms with Crippen LogP contribution in [0.15, 0.2) is 40.5 Å². The lowest BCUT2D eigenvalue weighted by Crippen LogP contribution is -2.04. The molecule has 0 unspecified atom stereocenters. The molecular weight excluding hydrogens is 417 g/mol. The maximum Gasteiger partial charge on any atom is 0.180 e. The SMILES string of the molecule is COc1cc(/C=N\N=C(/N)SC)ccc1OCc1c(Cl)ccc(Cl)c1Cl. The highest BCUT2D eigenvalue weighted by atomic mass is 35.5. The molecule has 2 rings (SSSR count). The molecule has 0 atom stereocenters. The third kappa shape index (κ3) is 5.45. The highest BCUT2D eigenvalue weighted by Gasteiger charge is 2.12. The number of ether oxygens (including phenoxy) is 2. The van der Waals surface area contributed by atoms with Crippen molar-refractivity contribution in [2.75, 3.05) is 13.4 Å². The Morgan fingerprint density at radius 2 is 1.88 bits per heavy atom. The van der Waals surface area contributed by atoms with E-state index in [2.05, 4.69) is 10.2 Å². The second-order valence-electron chi connectivity index (χ2n) is 4.91. The van der Waals surface area contributed by atoms with Crippen molar-refractivity contribution >= 4 is 57.9 Å². The fourth-order valence-corrected chi connectivity index (χ4v) is 2.71. The first-order valence-electron chi connectivity index (χ1n) is 7.30. The first kappa shape index (κ1) is 20.7. The maximum atomic E-state index is 6.19. The lowest BCUT2D eigenvalue weighted by atomic mass is 10.2. The van der Waals surface area contributed by atoms with Crippen molar-refractivity contribution in [3.63, 3.8) is 0 Å². The Kier molecular flexibility index (Phi) is 7.90. The van der Waals surface area contributed by atoms with Crippen molar-refractivity contribution < 1.29 is 9.47 Å². The summed E-state index contributed by atoms with van der Waals surface area (Å²) in [6.07, 6.45) is 3.39. The van der Waals surface area contributed by atoms with Gasteiger partial charge in [-0.3, -0.25) is 0 Å². The minimum Gasteiger partial charge on any atom is -0.493 e. The third-order valence-electron chi connectivity index (χ3n) is 3.27. The summed E-state index contributed by atoms with van der Waals surface area (Å²) in [5, 5.41) is 9.39. The van der Waals surface area contributed by atoms with Gasteiger partial charge in [0.2, 0.25) is 0 Å². The second kappa shape index (κ2) is 9.92. The van der Waals surface area contributed by atoms with Gasteiger partial charge in [-0.1, -0.05) is 46.6 Å². The molecule has 2 aromatic carbocycles. The number of halogens is 3. The topological polar surface area (TPSA) is 69.2 Å². The number of nitrogens with two attached hydrogens (primary N) is 1. The average molecular weight is 433 g/mol. The molecule has 0 fully saturated rings. The minimum absolute atomic E-state index is 0.149. The zero-order valence-electron chi connectivity index (χ0n) is 14.0. The standard InChI is InChI=1S/C17H16Cl3N3O2S/c1-24-15-7-10(8-22-23-17(21)26-2)3-6-14(15)25-9-11-12(18)4-5-13(19)16(11)20/h3-8H,9H2,1-2H3,(H2,21,23)/b22-8-. The summed E-state index contributed by atoms with van der Waals surface area (Å²) in [6.45, 7) is 0.149. The average Bonchev–Trinajstić information content (AvgIpc) is 2.65. The molecule has 0 amide bonds. The summed E-state index contributed by atoms with van der Waals surface area (Å²) in [6, 6.07) is 8.65. The summed E-state index contributed by atoms with van der Waals surface area (Å²) >= 11 is 19.7. The van der Waals surface area contributed by atoms with E-state index in [9.17, 15) is 0 Å². The van der Waals surface area contributed by atoms with E-state index in [1.54, 1.807) is 37.6 Å². The molecule has 0 aliphatic rings. The lowest BCUT2D eigenvalue weighted by Gasteiger charge is -2.13. The van der Waals surface area contributed by atoms with Gasteiger partial charge in [0.1, 0.15) is 6.61 Å². The number of methoxy groups -OCH3 is 1. The fraction of sp³-hybridized carbons (Fsp3) is 0.176. The van der Waals surface area contributed by atoms with E-state index in [4.69, 9.17) is 50.0 Å². The van der Waals surface area contributed by atoms with Crippen LogP contribution < -0.4 is 15.2 Å². The first-order valence-corrected chi connectivity index (χ1v) is 9.65. The number of nitrogens with zero attached hydrogens (tertiary/aromatic N) is 2. The quantitative estimate of drug-likeness (QED) is 0.293. The van der Waals surface area contributed by atoms with Gasteiger partial charge in [-0.15, -0.1) is 5.10 Å². The van der Waals surface area contributed by atoms with Gasteiger partial charge in [-0.2, -0.15) is 5.10 Å². The van der Waals surface area contributed by atoms with Crippen molar-refractivity contribution in [1.82, 2.24) is 0 Å². The Bertz CT molecular complexity index is 844. The molecule has 0 spiro atoms. The molecule has 0 aromatic heterocycles. The number of rotatable bonds is 6. The van der Waals surface area contributed by atoms with Crippen LogP contribution in [0.25, 0.3) is 0 Å². The van der Waals surface area contributed by atoms with E-state index in [-0.39, 0.29) is 6.61 Å². The molecule has 0 heterocycles. The smallest absolute Gasteiger partial charge is 0.180 e. The Labute approximate surface area is 171 Å². The van der Waals surface area contributed by atoms with Gasteiger partial charge in [0, 0.05) is 10.6 Å². The van der Waals surface area contributed by atoms with Gasteiger partial charge in [-0.05, 0) is 42.2 Å². The Balaban J connectivity index is 2.17. The maximum absolute atomic E-state index is 6.19. The van der Waals surface area contributed by atoms with Crippen molar-refractivity contribution in [2.24, 2.45) is 15.9 Å². The summed E-state index contributed by atoms with van der Waals surface area (Å²) in [7, 11) is 1.55. The minimum atomic E-state index is 0.149. The molecule has 2 aromatic rings. The van der Waals surface area contributed by atoms with Gasteiger partial charge < -0.3 is 15.2 Å². The van der Waals surface area contributed by atoms with E-state index in [0.717, 1.165) is 5.56 Å². The Morgan fingerprint density at radius 3 is 2.58 bits per heavy atom. The highest BCUT2D eigenvalue weighted by Crippen LogP contribution is 2.34. The number of hydrogen-bond donors (Lipinski definition) is 1. The monoisotopic (exact) mass is 431 g/mol. The zero-order chi connectivity index (χ0) is 19.1. The molecular formula is C17H16Cl3N3O2S. The van der Waals surface area contributed by atoms with Crippen molar-refractivity contribution in [3.8, 4) is 11.5 Å². The number of thioether (sulfide) groups is 1. The van der Waals surface area contributed by atoms with Crippen LogP contribution in [0.4, 0.5) is 0 Å². The van der Waals surface area contributed by atoms with Crippen LogP contribution in [0.1, 0.15) is 11.1 Å². The van der Waals surface area contributed by atoms with Gasteiger partial charge in [0.05, 0.1) is 23.4 Å². The van der Waals surface area contributed by atoms with Crippen LogP contribution >= 0.6 is 46.6 Å². The fourth-order valence-electron chi connectivity index (χ4n) is 1.93. The van der Waals surface area contributed by atoms with E-state index in [0.29, 0.717) is 37.3 Å².